The van der Waals surface area contributed by atoms with Gasteiger partial charge in [0, 0.05) is 37.1 Å². The largest absolute Gasteiger partial charge is 0.368 e. The van der Waals surface area contributed by atoms with Crippen LogP contribution in [0.25, 0.3) is 0 Å². The SMILES string of the molecule is CC(C)c1noc(N2CCN(C(C(N)=O)c3ccc(Cl)cc3)CC2)n1. The molecule has 0 radical (unpaired) electrons. The van der Waals surface area contributed by atoms with Crippen LogP contribution < -0.4 is 10.6 Å². The molecule has 134 valence electrons. The molecular formula is C17H22ClN5O2. The van der Waals surface area contributed by atoms with Gasteiger partial charge in [0.2, 0.25) is 5.91 Å². The molecular weight excluding hydrogens is 342 g/mol. The molecule has 3 rings (SSSR count). The summed E-state index contributed by atoms with van der Waals surface area (Å²) in [7, 11) is 0. The molecule has 0 bridgehead atoms. The summed E-state index contributed by atoms with van der Waals surface area (Å²) < 4.78 is 5.35. The van der Waals surface area contributed by atoms with E-state index in [-0.39, 0.29) is 11.8 Å². The van der Waals surface area contributed by atoms with Crippen LogP contribution in [0, 0.1) is 0 Å². The summed E-state index contributed by atoms with van der Waals surface area (Å²) in [6, 6.07) is 7.30. The zero-order valence-electron chi connectivity index (χ0n) is 14.4. The first-order valence-corrected chi connectivity index (χ1v) is 8.71. The molecule has 1 unspecified atom stereocenters. The lowest BCUT2D eigenvalue weighted by Gasteiger charge is -2.37. The Morgan fingerprint density at radius 2 is 1.84 bits per heavy atom. The highest BCUT2D eigenvalue weighted by molar-refractivity contribution is 6.30. The van der Waals surface area contributed by atoms with Gasteiger partial charge >= 0.3 is 6.01 Å². The fourth-order valence-electron chi connectivity index (χ4n) is 2.96. The molecule has 1 aliphatic heterocycles. The van der Waals surface area contributed by atoms with Crippen LogP contribution in [0.4, 0.5) is 6.01 Å². The van der Waals surface area contributed by atoms with E-state index in [0.717, 1.165) is 5.56 Å². The molecule has 1 fully saturated rings. The highest BCUT2D eigenvalue weighted by Gasteiger charge is 2.30. The molecule has 0 saturated carbocycles. The van der Waals surface area contributed by atoms with Crippen LogP contribution >= 0.6 is 11.6 Å². The van der Waals surface area contributed by atoms with E-state index in [4.69, 9.17) is 21.9 Å². The van der Waals surface area contributed by atoms with Crippen molar-refractivity contribution >= 4 is 23.5 Å². The maximum Gasteiger partial charge on any atom is 0.324 e. The first kappa shape index (κ1) is 17.7. The minimum absolute atomic E-state index is 0.225. The number of rotatable bonds is 5. The summed E-state index contributed by atoms with van der Waals surface area (Å²) in [5, 5.41) is 4.63. The monoisotopic (exact) mass is 363 g/mol. The number of amides is 1. The summed E-state index contributed by atoms with van der Waals surface area (Å²) in [6.45, 7) is 6.78. The van der Waals surface area contributed by atoms with E-state index in [1.807, 2.05) is 30.9 Å². The smallest absolute Gasteiger partial charge is 0.324 e. The van der Waals surface area contributed by atoms with Gasteiger partial charge in [0.1, 0.15) is 6.04 Å². The first-order chi connectivity index (χ1) is 12.0. The second kappa shape index (κ2) is 7.41. The van der Waals surface area contributed by atoms with Crippen LogP contribution in [-0.4, -0.2) is 47.1 Å². The van der Waals surface area contributed by atoms with Crippen molar-refractivity contribution in [3.05, 3.63) is 40.7 Å². The molecule has 2 N–H and O–H groups in total. The second-order valence-electron chi connectivity index (χ2n) is 6.47. The zero-order valence-corrected chi connectivity index (χ0v) is 15.1. The Hall–Kier alpha value is -2.12. The third-order valence-electron chi connectivity index (χ3n) is 4.35. The highest BCUT2D eigenvalue weighted by Crippen LogP contribution is 2.25. The van der Waals surface area contributed by atoms with Gasteiger partial charge in [-0.25, -0.2) is 0 Å². The van der Waals surface area contributed by atoms with Gasteiger partial charge in [-0.05, 0) is 17.7 Å². The van der Waals surface area contributed by atoms with Crippen molar-refractivity contribution < 1.29 is 9.32 Å². The number of benzene rings is 1. The van der Waals surface area contributed by atoms with Gasteiger partial charge in [0.05, 0.1) is 0 Å². The first-order valence-electron chi connectivity index (χ1n) is 8.33. The lowest BCUT2D eigenvalue weighted by atomic mass is 10.0. The van der Waals surface area contributed by atoms with Gasteiger partial charge in [-0.1, -0.05) is 42.7 Å². The predicted octanol–water partition coefficient (Wildman–Crippen LogP) is 2.20. The molecule has 1 aromatic heterocycles. The fraction of sp³-hybridized carbons (Fsp3) is 0.471. The van der Waals surface area contributed by atoms with E-state index in [0.29, 0.717) is 43.0 Å². The van der Waals surface area contributed by atoms with Crippen molar-refractivity contribution in [1.82, 2.24) is 15.0 Å². The second-order valence-corrected chi connectivity index (χ2v) is 6.91. The Balaban J connectivity index is 1.68. The Labute approximate surface area is 151 Å². The van der Waals surface area contributed by atoms with E-state index in [2.05, 4.69) is 15.0 Å². The zero-order chi connectivity index (χ0) is 18.0. The number of hydrogen-bond donors (Lipinski definition) is 1. The lowest BCUT2D eigenvalue weighted by Crippen LogP contribution is -2.50. The molecule has 1 aromatic carbocycles. The van der Waals surface area contributed by atoms with Crippen molar-refractivity contribution in [3.63, 3.8) is 0 Å². The standard InChI is InChI=1S/C17H22ClN5O2/c1-11(2)16-20-17(25-21-16)23-9-7-22(8-10-23)14(15(19)24)12-3-5-13(18)6-4-12/h3-6,11,14H,7-10H2,1-2H3,(H2,19,24). The van der Waals surface area contributed by atoms with Crippen LogP contribution in [-0.2, 0) is 4.79 Å². The molecule has 7 nitrogen and oxygen atoms in total. The molecule has 1 atom stereocenters. The average molecular weight is 364 g/mol. The van der Waals surface area contributed by atoms with Crippen molar-refractivity contribution in [1.29, 1.82) is 0 Å². The summed E-state index contributed by atoms with van der Waals surface area (Å²) in [5.74, 6) is 0.562. The topological polar surface area (TPSA) is 88.5 Å². The van der Waals surface area contributed by atoms with E-state index < -0.39 is 6.04 Å². The normalized spacial score (nSPS) is 17.0. The van der Waals surface area contributed by atoms with E-state index in [1.165, 1.54) is 0 Å². The fourth-order valence-corrected chi connectivity index (χ4v) is 3.09. The minimum atomic E-state index is -0.465. The van der Waals surface area contributed by atoms with Crippen LogP contribution in [0.2, 0.25) is 5.02 Å². The predicted molar refractivity (Wildman–Crippen MR) is 95.6 cm³/mol. The quantitative estimate of drug-likeness (QED) is 0.876. The summed E-state index contributed by atoms with van der Waals surface area (Å²) in [5.41, 5.74) is 6.50. The number of carbonyl (C=O) groups excluding carboxylic acids is 1. The van der Waals surface area contributed by atoms with E-state index in [1.54, 1.807) is 12.1 Å². The number of carbonyl (C=O) groups is 1. The van der Waals surface area contributed by atoms with Crippen LogP contribution in [0.15, 0.2) is 28.8 Å². The van der Waals surface area contributed by atoms with E-state index >= 15 is 0 Å². The number of hydrogen-bond acceptors (Lipinski definition) is 6. The summed E-state index contributed by atoms with van der Waals surface area (Å²) in [4.78, 5) is 20.5. The maximum absolute atomic E-state index is 12.0. The van der Waals surface area contributed by atoms with Gasteiger partial charge in [0.15, 0.2) is 5.82 Å². The molecule has 8 heteroatoms. The highest BCUT2D eigenvalue weighted by atomic mass is 35.5. The average Bonchev–Trinajstić information content (AvgIpc) is 3.07. The number of halogens is 1. The van der Waals surface area contributed by atoms with Gasteiger partial charge in [-0.3, -0.25) is 9.69 Å². The van der Waals surface area contributed by atoms with Crippen molar-refractivity contribution in [2.45, 2.75) is 25.8 Å². The number of aromatic nitrogens is 2. The van der Waals surface area contributed by atoms with Crippen molar-refractivity contribution in [2.24, 2.45) is 5.73 Å². The molecule has 25 heavy (non-hydrogen) atoms. The van der Waals surface area contributed by atoms with Gasteiger partial charge < -0.3 is 15.2 Å². The van der Waals surface area contributed by atoms with Crippen LogP contribution in [0.1, 0.15) is 37.2 Å². The van der Waals surface area contributed by atoms with Crippen molar-refractivity contribution in [3.8, 4) is 0 Å². The summed E-state index contributed by atoms with van der Waals surface area (Å²) >= 11 is 5.93. The Bertz CT molecular complexity index is 723. The van der Waals surface area contributed by atoms with E-state index in [9.17, 15) is 4.79 Å². The molecule has 2 heterocycles. The number of piperazine rings is 1. The third-order valence-corrected chi connectivity index (χ3v) is 4.60. The molecule has 0 aliphatic carbocycles. The number of nitrogens with two attached hydrogens (primary N) is 1. The minimum Gasteiger partial charge on any atom is -0.368 e. The Morgan fingerprint density at radius 3 is 2.36 bits per heavy atom. The van der Waals surface area contributed by atoms with Crippen LogP contribution in [0.5, 0.6) is 0 Å². The van der Waals surface area contributed by atoms with Gasteiger partial charge in [-0.2, -0.15) is 4.98 Å². The third kappa shape index (κ3) is 3.93. The lowest BCUT2D eigenvalue weighted by molar-refractivity contribution is -0.123. The van der Waals surface area contributed by atoms with Crippen molar-refractivity contribution in [2.75, 3.05) is 31.1 Å². The summed E-state index contributed by atoms with van der Waals surface area (Å²) in [6.07, 6.45) is 0. The maximum atomic E-state index is 12.0. The molecule has 1 aliphatic rings. The molecule has 0 spiro atoms. The molecule has 1 amide bonds. The number of anilines is 1. The Morgan fingerprint density at radius 1 is 1.20 bits per heavy atom. The number of primary amides is 1. The number of nitrogens with zero attached hydrogens (tertiary/aromatic N) is 4. The molecule has 2 aromatic rings. The molecule has 1 saturated heterocycles. The Kier molecular flexibility index (Phi) is 5.24. The van der Waals surface area contributed by atoms with Gasteiger partial charge in [0.25, 0.3) is 0 Å². The van der Waals surface area contributed by atoms with Crippen LogP contribution in [0.3, 0.4) is 0 Å². The van der Waals surface area contributed by atoms with Gasteiger partial charge in [-0.15, -0.1) is 0 Å².